The molecule has 158 valence electrons. The second-order valence-corrected chi connectivity index (χ2v) is 8.63. The van der Waals surface area contributed by atoms with E-state index in [9.17, 15) is 0 Å². The molecule has 0 bridgehead atoms. The second kappa shape index (κ2) is 8.68. The minimum atomic E-state index is 0.572. The van der Waals surface area contributed by atoms with Crippen LogP contribution in [0.5, 0.6) is 5.75 Å². The predicted octanol–water partition coefficient (Wildman–Crippen LogP) is 3.31. The number of aliphatic imine (C=N–C) groups is 1. The highest BCUT2D eigenvalue weighted by molar-refractivity contribution is 5.86. The summed E-state index contributed by atoms with van der Waals surface area (Å²) in [5, 5.41) is 3.72. The summed E-state index contributed by atoms with van der Waals surface area (Å²) in [4.78, 5) is 9.92. The van der Waals surface area contributed by atoms with Gasteiger partial charge in [0.25, 0.3) is 0 Å². The Kier molecular flexibility index (Phi) is 5.63. The largest absolute Gasteiger partial charge is 0.495 e. The average molecular weight is 405 g/mol. The second-order valence-electron chi connectivity index (χ2n) is 8.63. The van der Waals surface area contributed by atoms with Crippen LogP contribution in [0.3, 0.4) is 0 Å². The number of nitrogens with zero attached hydrogens (tertiary/aromatic N) is 3. The number of hydrogen-bond donors (Lipinski definition) is 1. The van der Waals surface area contributed by atoms with Crippen molar-refractivity contribution in [2.24, 2.45) is 4.99 Å². The molecule has 2 aromatic rings. The molecule has 0 radical (unpaired) electrons. The number of rotatable bonds is 5. The van der Waals surface area contributed by atoms with Crippen molar-refractivity contribution in [2.75, 3.05) is 51.3 Å². The number of anilines is 1. The van der Waals surface area contributed by atoms with Gasteiger partial charge in [-0.3, -0.25) is 9.89 Å². The van der Waals surface area contributed by atoms with E-state index < -0.39 is 0 Å². The Labute approximate surface area is 179 Å². The van der Waals surface area contributed by atoms with Crippen molar-refractivity contribution in [2.45, 2.75) is 31.2 Å². The van der Waals surface area contributed by atoms with E-state index >= 15 is 0 Å². The van der Waals surface area contributed by atoms with E-state index in [0.29, 0.717) is 12.0 Å². The van der Waals surface area contributed by atoms with Crippen LogP contribution in [0.15, 0.2) is 53.5 Å². The minimum absolute atomic E-state index is 0.572. The van der Waals surface area contributed by atoms with Crippen LogP contribution in [0.4, 0.5) is 5.69 Å². The molecular weight excluding hydrogens is 372 g/mol. The van der Waals surface area contributed by atoms with Gasteiger partial charge < -0.3 is 15.0 Å². The lowest BCUT2D eigenvalue weighted by Crippen LogP contribution is -2.47. The first-order valence-electron chi connectivity index (χ1n) is 11.3. The fourth-order valence-electron chi connectivity index (χ4n) is 5.30. The molecule has 1 aliphatic carbocycles. The van der Waals surface area contributed by atoms with Gasteiger partial charge in [0.05, 0.1) is 25.2 Å². The number of methoxy groups -OCH3 is 1. The van der Waals surface area contributed by atoms with Crippen molar-refractivity contribution in [1.29, 1.82) is 0 Å². The van der Waals surface area contributed by atoms with E-state index in [0.717, 1.165) is 51.4 Å². The number of nitrogens with one attached hydrogen (secondary N) is 1. The number of amidine groups is 1. The van der Waals surface area contributed by atoms with Crippen molar-refractivity contribution >= 4 is 11.5 Å². The number of fused-ring (bicyclic) bond motifs is 3. The third kappa shape index (κ3) is 3.91. The number of piperazine rings is 1. The SMILES string of the molecule is COc1ccccc1N1CCN(CCN=C2CC3c4ccccc4CCC3N2)CC1. The van der Waals surface area contributed by atoms with E-state index in [1.54, 1.807) is 12.7 Å². The standard InChI is InChI=1S/C25H32N4O/c1-30-24-9-5-4-8-23(24)29-16-14-28(15-17-29)13-12-26-25-18-21-20-7-3-2-6-19(20)10-11-22(21)27-25/h2-9,21-22H,10-18H2,1H3,(H,26,27). The summed E-state index contributed by atoms with van der Waals surface area (Å²) in [6.07, 6.45) is 3.49. The van der Waals surface area contributed by atoms with Gasteiger partial charge in [-0.15, -0.1) is 0 Å². The zero-order valence-corrected chi connectivity index (χ0v) is 17.9. The van der Waals surface area contributed by atoms with Crippen LogP contribution in [-0.2, 0) is 6.42 Å². The number of benzene rings is 2. The summed E-state index contributed by atoms with van der Waals surface area (Å²) in [5.41, 5.74) is 4.28. The molecule has 2 aliphatic heterocycles. The van der Waals surface area contributed by atoms with Crippen LogP contribution in [0, 0.1) is 0 Å². The van der Waals surface area contributed by atoms with E-state index in [-0.39, 0.29) is 0 Å². The summed E-state index contributed by atoms with van der Waals surface area (Å²) in [6.45, 7) is 6.16. The quantitative estimate of drug-likeness (QED) is 0.830. The fraction of sp³-hybridized carbons (Fsp3) is 0.480. The molecule has 2 atom stereocenters. The first-order valence-corrected chi connectivity index (χ1v) is 11.3. The Morgan fingerprint density at radius 1 is 1.03 bits per heavy atom. The normalized spacial score (nSPS) is 25.0. The Hall–Kier alpha value is -2.53. The highest BCUT2D eigenvalue weighted by Crippen LogP contribution is 2.37. The lowest BCUT2D eigenvalue weighted by Gasteiger charge is -2.36. The summed E-state index contributed by atoms with van der Waals surface area (Å²) in [5.74, 6) is 2.79. The Balaban J connectivity index is 1.12. The van der Waals surface area contributed by atoms with Gasteiger partial charge in [-0.2, -0.15) is 0 Å². The Morgan fingerprint density at radius 2 is 1.83 bits per heavy atom. The summed E-state index contributed by atoms with van der Waals surface area (Å²) in [6, 6.07) is 17.9. The molecule has 0 aromatic heterocycles. The summed E-state index contributed by atoms with van der Waals surface area (Å²) >= 11 is 0. The van der Waals surface area contributed by atoms with Crippen molar-refractivity contribution in [1.82, 2.24) is 10.2 Å². The number of hydrogen-bond acceptors (Lipinski definition) is 4. The molecule has 2 fully saturated rings. The molecule has 2 aromatic carbocycles. The average Bonchev–Trinajstić information content (AvgIpc) is 3.23. The maximum Gasteiger partial charge on any atom is 0.142 e. The van der Waals surface area contributed by atoms with E-state index in [1.807, 2.05) is 12.1 Å². The predicted molar refractivity (Wildman–Crippen MR) is 123 cm³/mol. The third-order valence-corrected chi connectivity index (χ3v) is 6.95. The monoisotopic (exact) mass is 404 g/mol. The van der Waals surface area contributed by atoms with Crippen LogP contribution >= 0.6 is 0 Å². The number of para-hydroxylation sites is 2. The van der Waals surface area contributed by atoms with Crippen molar-refractivity contribution < 1.29 is 4.74 Å². The maximum absolute atomic E-state index is 5.53. The molecule has 3 aliphatic rings. The molecule has 0 spiro atoms. The summed E-state index contributed by atoms with van der Waals surface area (Å²) in [7, 11) is 1.75. The van der Waals surface area contributed by atoms with Gasteiger partial charge in [-0.05, 0) is 36.1 Å². The molecular formula is C25H32N4O. The van der Waals surface area contributed by atoms with Gasteiger partial charge in [0, 0.05) is 51.1 Å². The van der Waals surface area contributed by atoms with Crippen LogP contribution in [0.2, 0.25) is 0 Å². The van der Waals surface area contributed by atoms with Crippen molar-refractivity contribution in [3.8, 4) is 5.75 Å². The lowest BCUT2D eigenvalue weighted by atomic mass is 9.80. The van der Waals surface area contributed by atoms with Gasteiger partial charge in [0.2, 0.25) is 0 Å². The molecule has 5 rings (SSSR count). The molecule has 2 saturated heterocycles. The van der Waals surface area contributed by atoms with Crippen molar-refractivity contribution in [3.63, 3.8) is 0 Å². The molecule has 30 heavy (non-hydrogen) atoms. The van der Waals surface area contributed by atoms with Gasteiger partial charge in [-0.1, -0.05) is 36.4 Å². The van der Waals surface area contributed by atoms with Crippen LogP contribution < -0.4 is 15.0 Å². The zero-order chi connectivity index (χ0) is 20.3. The minimum Gasteiger partial charge on any atom is -0.495 e. The molecule has 2 heterocycles. The third-order valence-electron chi connectivity index (χ3n) is 6.95. The van der Waals surface area contributed by atoms with Crippen LogP contribution in [0.25, 0.3) is 0 Å². The highest BCUT2D eigenvalue weighted by Gasteiger charge is 2.35. The number of aryl methyl sites for hydroxylation is 1. The van der Waals surface area contributed by atoms with Crippen molar-refractivity contribution in [3.05, 3.63) is 59.7 Å². The molecule has 1 N–H and O–H groups in total. The van der Waals surface area contributed by atoms with Gasteiger partial charge in [-0.25, -0.2) is 0 Å². The van der Waals surface area contributed by atoms with Gasteiger partial charge >= 0.3 is 0 Å². The smallest absolute Gasteiger partial charge is 0.142 e. The zero-order valence-electron chi connectivity index (χ0n) is 17.9. The molecule has 2 unspecified atom stereocenters. The lowest BCUT2D eigenvalue weighted by molar-refractivity contribution is 0.264. The van der Waals surface area contributed by atoms with E-state index in [4.69, 9.17) is 9.73 Å². The summed E-state index contributed by atoms with van der Waals surface area (Å²) < 4.78 is 5.53. The van der Waals surface area contributed by atoms with E-state index in [1.165, 1.54) is 29.9 Å². The molecule has 5 nitrogen and oxygen atoms in total. The Bertz CT molecular complexity index is 904. The molecule has 0 saturated carbocycles. The first kappa shape index (κ1) is 19.4. The highest BCUT2D eigenvalue weighted by atomic mass is 16.5. The van der Waals surface area contributed by atoms with Gasteiger partial charge in [0.1, 0.15) is 5.75 Å². The molecule has 0 amide bonds. The molecule has 5 heteroatoms. The van der Waals surface area contributed by atoms with Crippen LogP contribution in [-0.4, -0.2) is 63.2 Å². The van der Waals surface area contributed by atoms with Gasteiger partial charge in [0.15, 0.2) is 0 Å². The number of ether oxygens (including phenoxy) is 1. The topological polar surface area (TPSA) is 40.1 Å². The van der Waals surface area contributed by atoms with Crippen LogP contribution in [0.1, 0.15) is 29.9 Å². The maximum atomic E-state index is 5.53. The Morgan fingerprint density at radius 3 is 2.70 bits per heavy atom. The van der Waals surface area contributed by atoms with E-state index in [2.05, 4.69) is 51.5 Å². The first-order chi connectivity index (χ1) is 14.8. The fourth-order valence-corrected chi connectivity index (χ4v) is 5.30.